The van der Waals surface area contributed by atoms with Gasteiger partial charge in [-0.15, -0.1) is 0 Å². The van der Waals surface area contributed by atoms with Gasteiger partial charge in [0.15, 0.2) is 5.69 Å². The molecule has 0 saturated heterocycles. The highest BCUT2D eigenvalue weighted by atomic mass is 16.5. The molecule has 0 spiro atoms. The molecule has 0 fully saturated rings. The largest absolute Gasteiger partial charge is 0.462 e. The van der Waals surface area contributed by atoms with Crippen LogP contribution in [0.5, 0.6) is 0 Å². The van der Waals surface area contributed by atoms with Crippen molar-refractivity contribution < 1.29 is 19.1 Å². The first-order valence-electron chi connectivity index (χ1n) is 9.16. The third kappa shape index (κ3) is 3.81. The Morgan fingerprint density at radius 1 is 0.893 bits per heavy atom. The van der Waals surface area contributed by atoms with Crippen LogP contribution in [0.2, 0.25) is 0 Å². The standard InChI is InChI=1S/C22H22N2O4/c1-4-27-21(25)18-19(22(26)28-5-2)23-24(17-13-11-15(3)12-14-17)20(18)16-9-7-6-8-10-16/h6-14H,4-5H2,1-3H3. The summed E-state index contributed by atoms with van der Waals surface area (Å²) in [5.74, 6) is -1.27. The number of aryl methyl sites for hydroxylation is 1. The van der Waals surface area contributed by atoms with E-state index in [-0.39, 0.29) is 24.5 Å². The molecule has 3 aromatic rings. The fraction of sp³-hybridized carbons (Fsp3) is 0.227. The topological polar surface area (TPSA) is 70.4 Å². The number of ether oxygens (including phenoxy) is 2. The lowest BCUT2D eigenvalue weighted by Gasteiger charge is -2.10. The number of hydrogen-bond donors (Lipinski definition) is 0. The number of rotatable bonds is 6. The van der Waals surface area contributed by atoms with Gasteiger partial charge in [-0.05, 0) is 32.9 Å². The first-order chi connectivity index (χ1) is 13.6. The van der Waals surface area contributed by atoms with E-state index in [4.69, 9.17) is 9.47 Å². The van der Waals surface area contributed by atoms with E-state index in [1.54, 1.807) is 18.5 Å². The van der Waals surface area contributed by atoms with Crippen LogP contribution in [0, 0.1) is 6.92 Å². The van der Waals surface area contributed by atoms with Crippen LogP contribution < -0.4 is 0 Å². The number of hydrogen-bond acceptors (Lipinski definition) is 5. The van der Waals surface area contributed by atoms with Gasteiger partial charge in [-0.2, -0.15) is 5.10 Å². The molecule has 2 aromatic carbocycles. The normalized spacial score (nSPS) is 10.5. The zero-order valence-electron chi connectivity index (χ0n) is 16.1. The third-order valence-electron chi connectivity index (χ3n) is 4.16. The van der Waals surface area contributed by atoms with Crippen molar-refractivity contribution in [2.45, 2.75) is 20.8 Å². The molecule has 6 heteroatoms. The average molecular weight is 378 g/mol. The quantitative estimate of drug-likeness (QED) is 0.601. The second kappa shape index (κ2) is 8.52. The summed E-state index contributed by atoms with van der Waals surface area (Å²) in [4.78, 5) is 25.3. The molecule has 0 saturated carbocycles. The Hall–Kier alpha value is -3.41. The van der Waals surface area contributed by atoms with Crippen LogP contribution in [0.1, 0.15) is 40.3 Å². The highest BCUT2D eigenvalue weighted by molar-refractivity contribution is 6.06. The maximum atomic E-state index is 12.8. The highest BCUT2D eigenvalue weighted by Gasteiger charge is 2.31. The van der Waals surface area contributed by atoms with Crippen molar-refractivity contribution >= 4 is 11.9 Å². The van der Waals surface area contributed by atoms with Crippen LogP contribution in [0.4, 0.5) is 0 Å². The summed E-state index contributed by atoms with van der Waals surface area (Å²) in [6.07, 6.45) is 0. The van der Waals surface area contributed by atoms with Crippen molar-refractivity contribution in [3.05, 3.63) is 71.4 Å². The van der Waals surface area contributed by atoms with Crippen LogP contribution in [0.15, 0.2) is 54.6 Å². The van der Waals surface area contributed by atoms with Crippen LogP contribution in [0.3, 0.4) is 0 Å². The lowest BCUT2D eigenvalue weighted by molar-refractivity contribution is 0.0476. The summed E-state index contributed by atoms with van der Waals surface area (Å²) < 4.78 is 12.0. The average Bonchev–Trinajstić information content (AvgIpc) is 3.10. The van der Waals surface area contributed by atoms with E-state index in [0.29, 0.717) is 5.69 Å². The van der Waals surface area contributed by atoms with Gasteiger partial charge in [0.05, 0.1) is 24.6 Å². The minimum atomic E-state index is -0.659. The Bertz CT molecular complexity index is 976. The number of nitrogens with zero attached hydrogens (tertiary/aromatic N) is 2. The molecule has 0 radical (unpaired) electrons. The second-order valence-electron chi connectivity index (χ2n) is 6.13. The van der Waals surface area contributed by atoms with Crippen LogP contribution in [-0.2, 0) is 9.47 Å². The Morgan fingerprint density at radius 2 is 1.50 bits per heavy atom. The van der Waals surface area contributed by atoms with Crippen LogP contribution >= 0.6 is 0 Å². The smallest absolute Gasteiger partial charge is 0.359 e. The van der Waals surface area contributed by atoms with Crippen LogP contribution in [-0.4, -0.2) is 34.9 Å². The van der Waals surface area contributed by atoms with Gasteiger partial charge in [0, 0.05) is 5.56 Å². The van der Waals surface area contributed by atoms with E-state index in [1.165, 1.54) is 0 Å². The van der Waals surface area contributed by atoms with Gasteiger partial charge in [0.25, 0.3) is 0 Å². The fourth-order valence-corrected chi connectivity index (χ4v) is 2.89. The van der Waals surface area contributed by atoms with Crippen molar-refractivity contribution in [2.75, 3.05) is 13.2 Å². The summed E-state index contributed by atoms with van der Waals surface area (Å²) in [6.45, 7) is 5.77. The zero-order chi connectivity index (χ0) is 20.1. The summed E-state index contributed by atoms with van der Waals surface area (Å²) in [7, 11) is 0. The molecule has 0 amide bonds. The van der Waals surface area contributed by atoms with Gasteiger partial charge in [0.1, 0.15) is 5.56 Å². The van der Waals surface area contributed by atoms with E-state index in [9.17, 15) is 9.59 Å². The van der Waals surface area contributed by atoms with Gasteiger partial charge < -0.3 is 9.47 Å². The molecule has 0 unspecified atom stereocenters. The van der Waals surface area contributed by atoms with Gasteiger partial charge >= 0.3 is 11.9 Å². The molecule has 0 aliphatic carbocycles. The maximum Gasteiger partial charge on any atom is 0.359 e. The molecule has 0 bridgehead atoms. The molecule has 0 N–H and O–H groups in total. The minimum Gasteiger partial charge on any atom is -0.462 e. The van der Waals surface area contributed by atoms with Crippen molar-refractivity contribution in [3.63, 3.8) is 0 Å². The number of esters is 2. The summed E-state index contributed by atoms with van der Waals surface area (Å²) in [5.41, 5.74) is 3.10. The lowest BCUT2D eigenvalue weighted by Crippen LogP contribution is -2.13. The first-order valence-corrected chi connectivity index (χ1v) is 9.16. The summed E-state index contributed by atoms with van der Waals surface area (Å²) in [6, 6.07) is 17.0. The van der Waals surface area contributed by atoms with E-state index in [2.05, 4.69) is 5.10 Å². The van der Waals surface area contributed by atoms with Gasteiger partial charge in [-0.3, -0.25) is 0 Å². The molecule has 3 rings (SSSR count). The molecule has 0 aliphatic heterocycles. The van der Waals surface area contributed by atoms with Crippen LogP contribution in [0.25, 0.3) is 16.9 Å². The molecular formula is C22H22N2O4. The van der Waals surface area contributed by atoms with Crippen molar-refractivity contribution in [1.82, 2.24) is 9.78 Å². The Kier molecular flexibility index (Phi) is 5.89. The first kappa shape index (κ1) is 19.4. The Labute approximate surface area is 163 Å². The highest BCUT2D eigenvalue weighted by Crippen LogP contribution is 2.30. The van der Waals surface area contributed by atoms with Crippen molar-refractivity contribution in [3.8, 4) is 16.9 Å². The minimum absolute atomic E-state index is 0.0558. The van der Waals surface area contributed by atoms with Gasteiger partial charge in [0.2, 0.25) is 0 Å². The molecule has 0 aliphatic rings. The molecule has 0 atom stereocenters. The molecular weight excluding hydrogens is 356 g/mol. The maximum absolute atomic E-state index is 12.8. The number of carbonyl (C=O) groups excluding carboxylic acids is 2. The second-order valence-corrected chi connectivity index (χ2v) is 6.13. The zero-order valence-corrected chi connectivity index (χ0v) is 16.1. The van der Waals surface area contributed by atoms with Crippen molar-refractivity contribution in [2.24, 2.45) is 0 Å². The molecule has 6 nitrogen and oxygen atoms in total. The van der Waals surface area contributed by atoms with E-state index in [1.807, 2.05) is 61.5 Å². The number of benzene rings is 2. The molecule has 1 heterocycles. The Morgan fingerprint density at radius 3 is 2.11 bits per heavy atom. The molecule has 1 aromatic heterocycles. The van der Waals surface area contributed by atoms with Gasteiger partial charge in [-0.1, -0.05) is 48.0 Å². The van der Waals surface area contributed by atoms with Crippen molar-refractivity contribution in [1.29, 1.82) is 0 Å². The monoisotopic (exact) mass is 378 g/mol. The van der Waals surface area contributed by atoms with E-state index < -0.39 is 11.9 Å². The Balaban J connectivity index is 2.31. The lowest BCUT2D eigenvalue weighted by atomic mass is 10.0. The number of carbonyl (C=O) groups is 2. The number of aromatic nitrogens is 2. The fourth-order valence-electron chi connectivity index (χ4n) is 2.89. The summed E-state index contributed by atoms with van der Waals surface area (Å²) >= 11 is 0. The molecule has 28 heavy (non-hydrogen) atoms. The molecule has 144 valence electrons. The SMILES string of the molecule is CCOC(=O)c1nn(-c2ccc(C)cc2)c(-c2ccccc2)c1C(=O)OCC. The predicted molar refractivity (Wildman–Crippen MR) is 106 cm³/mol. The van der Waals surface area contributed by atoms with E-state index in [0.717, 1.165) is 16.8 Å². The summed E-state index contributed by atoms with van der Waals surface area (Å²) in [5, 5.41) is 4.45. The van der Waals surface area contributed by atoms with Gasteiger partial charge in [-0.25, -0.2) is 14.3 Å². The third-order valence-corrected chi connectivity index (χ3v) is 4.16. The predicted octanol–water partition coefficient (Wildman–Crippen LogP) is 4.20. The van der Waals surface area contributed by atoms with E-state index >= 15 is 0 Å².